The third-order valence-electron chi connectivity index (χ3n) is 4.64. The lowest BCUT2D eigenvalue weighted by Crippen LogP contribution is -2.51. The first-order valence-electron chi connectivity index (χ1n) is 8.76. The first-order chi connectivity index (χ1) is 11.1. The van der Waals surface area contributed by atoms with Crippen molar-refractivity contribution in [1.82, 2.24) is 4.31 Å². The zero-order valence-corrected chi connectivity index (χ0v) is 17.9. The van der Waals surface area contributed by atoms with Crippen LogP contribution in [0.1, 0.15) is 48.5 Å². The molecular formula is C20H35FN2OS. The molecule has 0 N–H and O–H groups in total. The summed E-state index contributed by atoms with van der Waals surface area (Å²) in [6, 6.07) is 6.84. The molecule has 0 aliphatic rings. The van der Waals surface area contributed by atoms with E-state index < -0.39 is 9.71 Å². The van der Waals surface area contributed by atoms with Crippen LogP contribution < -0.4 is 4.90 Å². The van der Waals surface area contributed by atoms with Gasteiger partial charge in [-0.3, -0.25) is 4.21 Å². The van der Waals surface area contributed by atoms with Gasteiger partial charge in [-0.15, -0.1) is 0 Å². The molecule has 2 atom stereocenters. The van der Waals surface area contributed by atoms with E-state index in [2.05, 4.69) is 59.2 Å². The molecule has 0 aliphatic carbocycles. The molecule has 0 spiro atoms. The average Bonchev–Trinajstić information content (AvgIpc) is 2.40. The molecule has 0 heterocycles. The number of hydrogen-bond donors (Lipinski definition) is 0. The van der Waals surface area contributed by atoms with E-state index in [0.29, 0.717) is 13.1 Å². The smallest absolute Gasteiger partial charge is 0.123 e. The van der Waals surface area contributed by atoms with Crippen LogP contribution in [0, 0.1) is 11.2 Å². The van der Waals surface area contributed by atoms with E-state index in [0.717, 1.165) is 5.69 Å². The maximum atomic E-state index is 13.3. The van der Waals surface area contributed by atoms with Crippen LogP contribution >= 0.6 is 0 Å². The van der Waals surface area contributed by atoms with Gasteiger partial charge in [-0.25, -0.2) is 8.70 Å². The largest absolute Gasteiger partial charge is 0.367 e. The highest BCUT2D eigenvalue weighted by Gasteiger charge is 2.30. The topological polar surface area (TPSA) is 23.6 Å². The van der Waals surface area contributed by atoms with Gasteiger partial charge in [0.25, 0.3) is 0 Å². The van der Waals surface area contributed by atoms with Gasteiger partial charge in [0.15, 0.2) is 0 Å². The van der Waals surface area contributed by atoms with E-state index >= 15 is 0 Å². The molecule has 1 aromatic carbocycles. The van der Waals surface area contributed by atoms with Crippen molar-refractivity contribution in [3.05, 3.63) is 30.1 Å². The third kappa shape index (κ3) is 6.30. The van der Waals surface area contributed by atoms with E-state index in [-0.39, 0.29) is 22.8 Å². The van der Waals surface area contributed by atoms with E-state index in [9.17, 15) is 8.60 Å². The lowest BCUT2D eigenvalue weighted by Gasteiger charge is -2.43. The Bertz CT molecular complexity index is 654. The summed E-state index contributed by atoms with van der Waals surface area (Å²) in [4.78, 5) is 2.27. The fourth-order valence-electron chi connectivity index (χ4n) is 2.95. The minimum absolute atomic E-state index is 0.0546. The summed E-state index contributed by atoms with van der Waals surface area (Å²) >= 11 is 0. The van der Waals surface area contributed by atoms with Crippen molar-refractivity contribution in [2.75, 3.05) is 24.2 Å². The Morgan fingerprint density at radius 3 is 1.92 bits per heavy atom. The molecule has 1 rings (SSSR count). The van der Waals surface area contributed by atoms with Crippen molar-refractivity contribution in [3.63, 3.8) is 0 Å². The van der Waals surface area contributed by atoms with E-state index in [4.69, 9.17) is 0 Å². The molecule has 0 aromatic heterocycles. The van der Waals surface area contributed by atoms with Crippen LogP contribution in [0.5, 0.6) is 0 Å². The lowest BCUT2D eigenvalue weighted by atomic mass is 9.86. The predicted octanol–water partition coefficient (Wildman–Crippen LogP) is 4.43. The molecule has 0 saturated heterocycles. The Morgan fingerprint density at radius 2 is 1.56 bits per heavy atom. The second-order valence-corrected chi connectivity index (χ2v) is 11.3. The fourth-order valence-corrected chi connectivity index (χ4v) is 4.58. The molecule has 0 fully saturated rings. The van der Waals surface area contributed by atoms with Gasteiger partial charge >= 0.3 is 0 Å². The minimum Gasteiger partial charge on any atom is -0.367 e. The molecule has 1 aromatic rings. The Morgan fingerprint density at radius 1 is 1.08 bits per heavy atom. The summed E-state index contributed by atoms with van der Waals surface area (Å²) in [6.07, 6.45) is 1.69. The number of rotatable bonds is 6. The lowest BCUT2D eigenvalue weighted by molar-refractivity contribution is 0.255. The summed E-state index contributed by atoms with van der Waals surface area (Å²) in [5, 5.41) is 0. The van der Waals surface area contributed by atoms with Gasteiger partial charge in [-0.05, 0) is 63.2 Å². The average molecular weight is 371 g/mol. The van der Waals surface area contributed by atoms with Crippen molar-refractivity contribution in [2.45, 2.75) is 60.0 Å². The first-order valence-corrected chi connectivity index (χ1v) is 10.9. The highest BCUT2D eigenvalue weighted by atomic mass is 32.2. The van der Waals surface area contributed by atoms with Crippen molar-refractivity contribution in [3.8, 4) is 0 Å². The second kappa shape index (κ2) is 7.67. The molecule has 0 saturated carbocycles. The Hall–Kier alpha value is -1.07. The molecule has 0 radical (unpaired) electrons. The molecule has 2 unspecified atom stereocenters. The van der Waals surface area contributed by atoms with E-state index in [1.165, 1.54) is 12.1 Å². The van der Waals surface area contributed by atoms with Crippen LogP contribution in [0.4, 0.5) is 10.1 Å². The number of hydrogen-bond acceptors (Lipinski definition) is 2. The van der Waals surface area contributed by atoms with Gasteiger partial charge in [0.1, 0.15) is 5.82 Å². The van der Waals surface area contributed by atoms with Gasteiger partial charge in [0.05, 0.1) is 0 Å². The number of nitrogens with zero attached hydrogens (tertiary/aromatic N) is 2. The second-order valence-electron chi connectivity index (χ2n) is 8.94. The summed E-state index contributed by atoms with van der Waals surface area (Å²) in [6.45, 7) is 16.2. The van der Waals surface area contributed by atoms with E-state index in [1.54, 1.807) is 6.26 Å². The van der Waals surface area contributed by atoms with Gasteiger partial charge < -0.3 is 4.90 Å². The van der Waals surface area contributed by atoms with Crippen molar-refractivity contribution in [1.29, 1.82) is 0 Å². The minimum atomic E-state index is -2.32. The third-order valence-corrected chi connectivity index (χ3v) is 6.30. The zero-order valence-electron chi connectivity index (χ0n) is 17.1. The normalized spacial score (nSPS) is 16.6. The van der Waals surface area contributed by atoms with Gasteiger partial charge in [-0.1, -0.05) is 20.8 Å². The maximum Gasteiger partial charge on any atom is 0.123 e. The highest BCUT2D eigenvalue weighted by molar-refractivity contribution is 7.97. The molecule has 0 amide bonds. The van der Waals surface area contributed by atoms with Gasteiger partial charge in [0.2, 0.25) is 0 Å². The van der Waals surface area contributed by atoms with Crippen LogP contribution in [0.2, 0.25) is 0 Å². The van der Waals surface area contributed by atoms with Crippen LogP contribution in [0.25, 0.3) is 0 Å². The van der Waals surface area contributed by atoms with E-state index in [1.807, 2.05) is 16.4 Å². The van der Waals surface area contributed by atoms with Crippen LogP contribution in [-0.2, 0) is 9.71 Å². The number of anilines is 1. The Balaban J connectivity index is 3.15. The number of benzene rings is 1. The van der Waals surface area contributed by atoms with Crippen molar-refractivity contribution < 1.29 is 8.60 Å². The van der Waals surface area contributed by atoms with Crippen LogP contribution in [0.3, 0.4) is 0 Å². The molecule has 0 bridgehead atoms. The van der Waals surface area contributed by atoms with Crippen LogP contribution in [0.15, 0.2) is 24.3 Å². The molecule has 25 heavy (non-hydrogen) atoms. The Kier molecular flexibility index (Phi) is 6.74. The standard InChI is InChI=1S/C20H35FN2OS/c1-16(19(2,3)4)22(18-12-10-17(21)11-13-18)14-15-23(20(5,6)7)25(8,9)24/h10-13,16H,8,14-15H2,1-7,9H3. The quantitative estimate of drug-likeness (QED) is 0.692. The highest BCUT2D eigenvalue weighted by Crippen LogP contribution is 2.29. The Labute approximate surface area is 154 Å². The fraction of sp³-hybridized carbons (Fsp3) is 0.650. The molecule has 3 nitrogen and oxygen atoms in total. The van der Waals surface area contributed by atoms with Crippen molar-refractivity contribution in [2.24, 2.45) is 5.41 Å². The maximum absolute atomic E-state index is 13.3. The molecule has 144 valence electrons. The van der Waals surface area contributed by atoms with Gasteiger partial charge in [0, 0.05) is 46.3 Å². The summed E-state index contributed by atoms with van der Waals surface area (Å²) < 4.78 is 27.9. The summed E-state index contributed by atoms with van der Waals surface area (Å²) in [5.74, 6) is 3.64. The summed E-state index contributed by atoms with van der Waals surface area (Å²) in [5.41, 5.74) is 0.788. The molecule has 5 heteroatoms. The van der Waals surface area contributed by atoms with Crippen LogP contribution in [-0.4, -0.2) is 45.3 Å². The summed E-state index contributed by atoms with van der Waals surface area (Å²) in [7, 11) is -2.32. The molecule has 0 aliphatic heterocycles. The van der Waals surface area contributed by atoms with Crippen molar-refractivity contribution >= 4 is 21.3 Å². The zero-order chi connectivity index (χ0) is 19.6. The molecular weight excluding hydrogens is 335 g/mol. The SMILES string of the molecule is C=S(C)(=O)N(CCN(c1ccc(F)cc1)C(C)C(C)(C)C)C(C)(C)C. The monoisotopic (exact) mass is 370 g/mol. The number of halogens is 1. The van der Waals surface area contributed by atoms with Gasteiger partial charge in [-0.2, -0.15) is 0 Å². The first kappa shape index (κ1) is 22.0. The predicted molar refractivity (Wildman–Crippen MR) is 110 cm³/mol.